The summed E-state index contributed by atoms with van der Waals surface area (Å²) in [6.07, 6.45) is 0. The topological polar surface area (TPSA) is 36.4 Å². The Morgan fingerprint density at radius 2 is 1.69 bits per heavy atom. The molecule has 3 aromatic rings. The fourth-order valence-corrected chi connectivity index (χ4v) is 3.77. The minimum absolute atomic E-state index is 0.0745. The first-order valence-electron chi connectivity index (χ1n) is 8.78. The van der Waals surface area contributed by atoms with Crippen molar-refractivity contribution < 1.29 is 4.79 Å². The van der Waals surface area contributed by atoms with E-state index in [9.17, 15) is 4.79 Å². The molecule has 5 heteroatoms. The van der Waals surface area contributed by atoms with Crippen molar-refractivity contribution in [2.75, 3.05) is 31.1 Å². The summed E-state index contributed by atoms with van der Waals surface area (Å²) >= 11 is 6.31. The Labute approximate surface area is 158 Å². The molecule has 1 saturated heterocycles. The number of carbonyl (C=O) groups is 1. The van der Waals surface area contributed by atoms with E-state index in [-0.39, 0.29) is 5.91 Å². The second-order valence-electron chi connectivity index (χ2n) is 6.56. The number of hydrogen-bond donors (Lipinski definition) is 0. The Hall–Kier alpha value is -2.59. The van der Waals surface area contributed by atoms with Gasteiger partial charge in [-0.1, -0.05) is 41.9 Å². The molecule has 1 fully saturated rings. The second kappa shape index (κ2) is 6.96. The Balaban J connectivity index is 1.55. The number of amides is 1. The minimum atomic E-state index is 0.0745. The highest BCUT2D eigenvalue weighted by Crippen LogP contribution is 2.27. The molecule has 2 heterocycles. The van der Waals surface area contributed by atoms with E-state index in [4.69, 9.17) is 11.6 Å². The number of carbonyl (C=O) groups excluding carboxylic acids is 1. The van der Waals surface area contributed by atoms with Crippen molar-refractivity contribution in [1.29, 1.82) is 0 Å². The van der Waals surface area contributed by atoms with Crippen LogP contribution in [0.4, 0.5) is 5.69 Å². The summed E-state index contributed by atoms with van der Waals surface area (Å²) in [4.78, 5) is 21.8. The number of fused-ring (bicyclic) bond motifs is 1. The number of halogens is 1. The molecule has 132 valence electrons. The molecule has 0 bridgehead atoms. The van der Waals surface area contributed by atoms with Gasteiger partial charge in [0.2, 0.25) is 0 Å². The summed E-state index contributed by atoms with van der Waals surface area (Å²) in [6, 6.07) is 17.6. The van der Waals surface area contributed by atoms with Crippen LogP contribution in [0.15, 0.2) is 54.6 Å². The van der Waals surface area contributed by atoms with Gasteiger partial charge < -0.3 is 9.80 Å². The first-order valence-corrected chi connectivity index (χ1v) is 9.16. The van der Waals surface area contributed by atoms with Gasteiger partial charge in [0, 0.05) is 37.3 Å². The maximum atomic E-state index is 13.1. The summed E-state index contributed by atoms with van der Waals surface area (Å²) in [5.41, 5.74) is 3.50. The average Bonchev–Trinajstić information content (AvgIpc) is 2.67. The third-order valence-corrected chi connectivity index (χ3v) is 5.15. The molecule has 0 atom stereocenters. The molecule has 4 rings (SSSR count). The van der Waals surface area contributed by atoms with E-state index in [2.05, 4.69) is 9.88 Å². The maximum absolute atomic E-state index is 13.1. The number of anilines is 1. The lowest BCUT2D eigenvalue weighted by Gasteiger charge is -2.36. The zero-order valence-electron chi connectivity index (χ0n) is 14.7. The van der Waals surface area contributed by atoms with Crippen molar-refractivity contribution >= 4 is 34.1 Å². The highest BCUT2D eigenvalue weighted by molar-refractivity contribution is 6.33. The van der Waals surface area contributed by atoms with Crippen molar-refractivity contribution in [2.24, 2.45) is 0 Å². The highest BCUT2D eigenvalue weighted by Gasteiger charge is 2.24. The van der Waals surface area contributed by atoms with E-state index < -0.39 is 0 Å². The Morgan fingerprint density at radius 1 is 1.00 bits per heavy atom. The predicted octanol–water partition coefficient (Wildman–Crippen LogP) is 4.16. The molecular weight excluding hydrogens is 346 g/mol. The van der Waals surface area contributed by atoms with E-state index in [0.717, 1.165) is 46.0 Å². The number of hydrogen-bond acceptors (Lipinski definition) is 3. The number of aromatic nitrogens is 1. The quantitative estimate of drug-likeness (QED) is 0.684. The summed E-state index contributed by atoms with van der Waals surface area (Å²) < 4.78 is 0. The van der Waals surface area contributed by atoms with Crippen LogP contribution in [-0.4, -0.2) is 42.0 Å². The first-order chi connectivity index (χ1) is 12.6. The maximum Gasteiger partial charge on any atom is 0.254 e. The SMILES string of the molecule is Cc1cc(C(=O)N2CCN(c3ccccc3Cl)CC2)c2ccccc2n1. The lowest BCUT2D eigenvalue weighted by Crippen LogP contribution is -2.49. The molecule has 0 radical (unpaired) electrons. The van der Waals surface area contributed by atoms with Crippen molar-refractivity contribution in [1.82, 2.24) is 9.88 Å². The van der Waals surface area contributed by atoms with Crippen molar-refractivity contribution in [3.8, 4) is 0 Å². The molecule has 2 aromatic carbocycles. The van der Waals surface area contributed by atoms with Crippen molar-refractivity contribution in [3.05, 3.63) is 70.9 Å². The summed E-state index contributed by atoms with van der Waals surface area (Å²) in [7, 11) is 0. The number of aryl methyl sites for hydroxylation is 1. The van der Waals surface area contributed by atoms with Gasteiger partial charge in [0.05, 0.1) is 21.8 Å². The van der Waals surface area contributed by atoms with Crippen LogP contribution in [-0.2, 0) is 0 Å². The van der Waals surface area contributed by atoms with E-state index in [1.807, 2.05) is 66.4 Å². The van der Waals surface area contributed by atoms with Gasteiger partial charge >= 0.3 is 0 Å². The van der Waals surface area contributed by atoms with Crippen LogP contribution >= 0.6 is 11.6 Å². The number of pyridine rings is 1. The summed E-state index contributed by atoms with van der Waals surface area (Å²) in [6.45, 7) is 4.84. The molecule has 0 saturated carbocycles. The van der Waals surface area contributed by atoms with E-state index in [1.165, 1.54) is 0 Å². The van der Waals surface area contributed by atoms with Crippen LogP contribution in [0, 0.1) is 6.92 Å². The van der Waals surface area contributed by atoms with Crippen LogP contribution in [0.25, 0.3) is 10.9 Å². The van der Waals surface area contributed by atoms with Gasteiger partial charge in [-0.3, -0.25) is 9.78 Å². The number of rotatable bonds is 2. The van der Waals surface area contributed by atoms with E-state index >= 15 is 0 Å². The van der Waals surface area contributed by atoms with Crippen molar-refractivity contribution in [2.45, 2.75) is 6.92 Å². The van der Waals surface area contributed by atoms with Gasteiger partial charge in [0.15, 0.2) is 0 Å². The van der Waals surface area contributed by atoms with Gasteiger partial charge in [-0.15, -0.1) is 0 Å². The van der Waals surface area contributed by atoms with Crippen LogP contribution in [0.3, 0.4) is 0 Å². The fourth-order valence-electron chi connectivity index (χ4n) is 3.51. The standard InChI is InChI=1S/C21H20ClN3O/c1-15-14-17(16-6-2-4-8-19(16)23-15)21(26)25-12-10-24(11-13-25)20-9-5-3-7-18(20)22/h2-9,14H,10-13H2,1H3. The number of benzene rings is 2. The lowest BCUT2D eigenvalue weighted by molar-refractivity contribution is 0.0748. The molecule has 0 aliphatic carbocycles. The molecule has 26 heavy (non-hydrogen) atoms. The monoisotopic (exact) mass is 365 g/mol. The molecule has 0 N–H and O–H groups in total. The van der Waals surface area contributed by atoms with Crippen LogP contribution in [0.1, 0.15) is 16.1 Å². The molecular formula is C21H20ClN3O. The molecule has 0 unspecified atom stereocenters. The summed E-state index contributed by atoms with van der Waals surface area (Å²) in [5.74, 6) is 0.0745. The van der Waals surface area contributed by atoms with E-state index in [0.29, 0.717) is 13.1 Å². The first kappa shape index (κ1) is 16.9. The zero-order chi connectivity index (χ0) is 18.1. The zero-order valence-corrected chi connectivity index (χ0v) is 15.4. The van der Waals surface area contributed by atoms with Gasteiger partial charge in [-0.2, -0.15) is 0 Å². The van der Waals surface area contributed by atoms with Gasteiger partial charge in [-0.05, 0) is 31.2 Å². The predicted molar refractivity (Wildman–Crippen MR) is 106 cm³/mol. The molecule has 4 nitrogen and oxygen atoms in total. The molecule has 0 spiro atoms. The fraction of sp³-hybridized carbons (Fsp3) is 0.238. The van der Waals surface area contributed by atoms with Gasteiger partial charge in [0.1, 0.15) is 0 Å². The Bertz CT molecular complexity index is 964. The Morgan fingerprint density at radius 3 is 2.46 bits per heavy atom. The van der Waals surface area contributed by atoms with Crippen molar-refractivity contribution in [3.63, 3.8) is 0 Å². The third-order valence-electron chi connectivity index (χ3n) is 4.83. The molecule has 1 amide bonds. The summed E-state index contributed by atoms with van der Waals surface area (Å²) in [5, 5.41) is 1.67. The number of piperazine rings is 1. The van der Waals surface area contributed by atoms with Crippen LogP contribution in [0.5, 0.6) is 0 Å². The highest BCUT2D eigenvalue weighted by atomic mass is 35.5. The minimum Gasteiger partial charge on any atom is -0.367 e. The Kier molecular flexibility index (Phi) is 4.51. The largest absolute Gasteiger partial charge is 0.367 e. The van der Waals surface area contributed by atoms with Crippen LogP contribution in [0.2, 0.25) is 5.02 Å². The normalized spacial score (nSPS) is 14.7. The van der Waals surface area contributed by atoms with Gasteiger partial charge in [-0.25, -0.2) is 0 Å². The average molecular weight is 366 g/mol. The van der Waals surface area contributed by atoms with Crippen LogP contribution < -0.4 is 4.90 Å². The van der Waals surface area contributed by atoms with Gasteiger partial charge in [0.25, 0.3) is 5.91 Å². The lowest BCUT2D eigenvalue weighted by atomic mass is 10.1. The number of para-hydroxylation sites is 2. The second-order valence-corrected chi connectivity index (χ2v) is 6.97. The smallest absolute Gasteiger partial charge is 0.254 e. The number of nitrogens with zero attached hydrogens (tertiary/aromatic N) is 3. The molecule has 1 aromatic heterocycles. The van der Waals surface area contributed by atoms with E-state index in [1.54, 1.807) is 0 Å². The molecule has 1 aliphatic rings. The molecule has 1 aliphatic heterocycles. The third kappa shape index (κ3) is 3.13.